The van der Waals surface area contributed by atoms with Crippen molar-refractivity contribution in [3.63, 3.8) is 0 Å². The van der Waals surface area contributed by atoms with Crippen LogP contribution >= 0.6 is 11.8 Å². The Labute approximate surface area is 79.5 Å². The molecule has 70 valence electrons. The van der Waals surface area contributed by atoms with Gasteiger partial charge in [0, 0.05) is 0 Å². The second-order valence-corrected chi connectivity index (χ2v) is 4.07. The number of nitrogens with zero attached hydrogens (tertiary/aromatic N) is 1. The molecule has 2 nitrogen and oxygen atoms in total. The Balaban J connectivity index is 2.96. The van der Waals surface area contributed by atoms with Gasteiger partial charge in [0.15, 0.2) is 0 Å². The van der Waals surface area contributed by atoms with E-state index in [1.807, 2.05) is 17.8 Å². The topological polar surface area (TPSA) is 49.8 Å². The quantitative estimate of drug-likeness (QED) is 0.620. The van der Waals surface area contributed by atoms with Crippen LogP contribution < -0.4 is 5.73 Å². The summed E-state index contributed by atoms with van der Waals surface area (Å²) in [6.07, 6.45) is 4.71. The molecule has 1 unspecified atom stereocenters. The molecule has 1 atom stereocenters. The lowest BCUT2D eigenvalue weighted by molar-refractivity contribution is 0.774. The van der Waals surface area contributed by atoms with Crippen LogP contribution in [0.5, 0.6) is 0 Å². The predicted molar refractivity (Wildman–Crippen MR) is 55.1 cm³/mol. The van der Waals surface area contributed by atoms with Gasteiger partial charge in [-0.05, 0) is 24.3 Å². The fourth-order valence-corrected chi connectivity index (χ4v) is 1.86. The molecular formula is C9H18N2S. The number of hydrogen-bond acceptors (Lipinski definition) is 3. The molecule has 0 aromatic carbocycles. The molecule has 0 aliphatic carbocycles. The first kappa shape index (κ1) is 11.8. The number of nitriles is 1. The zero-order chi connectivity index (χ0) is 9.23. The van der Waals surface area contributed by atoms with Crippen LogP contribution in [0.1, 0.15) is 32.6 Å². The van der Waals surface area contributed by atoms with E-state index in [-0.39, 0.29) is 6.04 Å². The van der Waals surface area contributed by atoms with Crippen LogP contribution in [0.4, 0.5) is 0 Å². The van der Waals surface area contributed by atoms with Crippen molar-refractivity contribution in [2.75, 3.05) is 11.5 Å². The van der Waals surface area contributed by atoms with E-state index >= 15 is 0 Å². The minimum absolute atomic E-state index is 0.260. The van der Waals surface area contributed by atoms with Crippen molar-refractivity contribution in [1.29, 1.82) is 5.26 Å². The van der Waals surface area contributed by atoms with Crippen molar-refractivity contribution in [1.82, 2.24) is 0 Å². The highest BCUT2D eigenvalue weighted by atomic mass is 32.2. The van der Waals surface area contributed by atoms with Gasteiger partial charge in [-0.15, -0.1) is 0 Å². The van der Waals surface area contributed by atoms with E-state index < -0.39 is 0 Å². The number of hydrogen-bond donors (Lipinski definition) is 1. The smallest absolute Gasteiger partial charge is 0.0935 e. The van der Waals surface area contributed by atoms with Crippen molar-refractivity contribution in [3.05, 3.63) is 0 Å². The maximum atomic E-state index is 8.39. The largest absolute Gasteiger partial charge is 0.316 e. The third-order valence-electron chi connectivity index (χ3n) is 1.63. The molecule has 12 heavy (non-hydrogen) atoms. The maximum absolute atomic E-state index is 8.39. The maximum Gasteiger partial charge on any atom is 0.0935 e. The molecule has 0 saturated heterocycles. The molecule has 2 N–H and O–H groups in total. The highest BCUT2D eigenvalue weighted by Crippen LogP contribution is 2.07. The molecular weight excluding hydrogens is 168 g/mol. The Hall–Kier alpha value is -0.200. The Kier molecular flexibility index (Phi) is 8.74. The second kappa shape index (κ2) is 8.89. The zero-order valence-electron chi connectivity index (χ0n) is 7.75. The average Bonchev–Trinajstić information content (AvgIpc) is 2.10. The summed E-state index contributed by atoms with van der Waals surface area (Å²) in [5.41, 5.74) is 5.44. The molecule has 0 aliphatic heterocycles. The Morgan fingerprint density at radius 3 is 2.75 bits per heavy atom. The number of rotatable bonds is 7. The summed E-state index contributed by atoms with van der Waals surface area (Å²) in [7, 11) is 0. The van der Waals surface area contributed by atoms with Crippen molar-refractivity contribution in [3.8, 4) is 6.07 Å². The highest BCUT2D eigenvalue weighted by Gasteiger charge is 1.98. The van der Waals surface area contributed by atoms with Gasteiger partial charge in [0.25, 0.3) is 0 Å². The first-order valence-corrected chi connectivity index (χ1v) is 5.69. The van der Waals surface area contributed by atoms with Crippen LogP contribution in [0, 0.1) is 11.3 Å². The molecule has 0 aromatic rings. The Morgan fingerprint density at radius 2 is 2.17 bits per heavy atom. The van der Waals surface area contributed by atoms with E-state index in [0.29, 0.717) is 0 Å². The molecule has 0 amide bonds. The van der Waals surface area contributed by atoms with Gasteiger partial charge in [-0.1, -0.05) is 19.8 Å². The second-order valence-electron chi connectivity index (χ2n) is 2.84. The van der Waals surface area contributed by atoms with Gasteiger partial charge in [0.2, 0.25) is 0 Å². The normalized spacial score (nSPS) is 12.4. The van der Waals surface area contributed by atoms with E-state index in [9.17, 15) is 0 Å². The Bertz CT molecular complexity index is 131. The summed E-state index contributed by atoms with van der Waals surface area (Å²) in [5, 5.41) is 8.39. The standard InChI is InChI=1S/C9H18N2S/c1-2-3-4-6-12-7-5-9(11)8-10/h9H,2-7,11H2,1H3. The summed E-state index contributed by atoms with van der Waals surface area (Å²) in [5.74, 6) is 2.24. The fraction of sp³-hybridized carbons (Fsp3) is 0.889. The van der Waals surface area contributed by atoms with Gasteiger partial charge in [-0.2, -0.15) is 17.0 Å². The number of thioether (sulfide) groups is 1. The number of unbranched alkanes of at least 4 members (excludes halogenated alkanes) is 2. The van der Waals surface area contributed by atoms with Crippen LogP contribution in [0.25, 0.3) is 0 Å². The summed E-state index contributed by atoms with van der Waals surface area (Å²) in [6, 6.07) is 1.77. The van der Waals surface area contributed by atoms with Gasteiger partial charge in [0.05, 0.1) is 12.1 Å². The third kappa shape index (κ3) is 7.90. The number of nitrogens with two attached hydrogens (primary N) is 1. The van der Waals surface area contributed by atoms with Crippen LogP contribution in [-0.4, -0.2) is 17.5 Å². The van der Waals surface area contributed by atoms with Gasteiger partial charge >= 0.3 is 0 Å². The molecule has 0 saturated carbocycles. The van der Waals surface area contributed by atoms with Crippen LogP contribution in [0.2, 0.25) is 0 Å². The first-order valence-electron chi connectivity index (χ1n) is 4.54. The van der Waals surface area contributed by atoms with E-state index in [1.165, 1.54) is 25.0 Å². The van der Waals surface area contributed by atoms with Crippen molar-refractivity contribution in [2.24, 2.45) is 5.73 Å². The van der Waals surface area contributed by atoms with Crippen LogP contribution in [0.15, 0.2) is 0 Å². The first-order chi connectivity index (χ1) is 5.81. The highest BCUT2D eigenvalue weighted by molar-refractivity contribution is 7.99. The molecule has 0 spiro atoms. The summed E-state index contributed by atoms with van der Waals surface area (Å²) >= 11 is 1.91. The van der Waals surface area contributed by atoms with Gasteiger partial charge in [0.1, 0.15) is 0 Å². The predicted octanol–water partition coefficient (Wildman–Crippen LogP) is 2.15. The van der Waals surface area contributed by atoms with Crippen molar-refractivity contribution >= 4 is 11.8 Å². The van der Waals surface area contributed by atoms with Crippen LogP contribution in [-0.2, 0) is 0 Å². The lowest BCUT2D eigenvalue weighted by atomic mass is 10.3. The lowest BCUT2D eigenvalue weighted by Gasteiger charge is -2.01. The molecule has 0 bridgehead atoms. The van der Waals surface area contributed by atoms with Crippen LogP contribution in [0.3, 0.4) is 0 Å². The Morgan fingerprint density at radius 1 is 1.42 bits per heavy atom. The molecule has 0 aromatic heterocycles. The van der Waals surface area contributed by atoms with E-state index in [4.69, 9.17) is 11.0 Å². The summed E-state index contributed by atoms with van der Waals surface area (Å²) < 4.78 is 0. The fourth-order valence-electron chi connectivity index (χ4n) is 0.831. The molecule has 3 heteroatoms. The van der Waals surface area contributed by atoms with E-state index in [1.54, 1.807) is 0 Å². The molecule has 0 fully saturated rings. The molecule has 0 radical (unpaired) electrons. The monoisotopic (exact) mass is 186 g/mol. The molecule has 0 rings (SSSR count). The third-order valence-corrected chi connectivity index (χ3v) is 2.73. The SMILES string of the molecule is CCCCCSCCC(N)C#N. The van der Waals surface area contributed by atoms with Gasteiger partial charge in [-0.3, -0.25) is 0 Å². The minimum Gasteiger partial charge on any atom is -0.316 e. The molecule has 0 aliphatic rings. The summed E-state index contributed by atoms with van der Waals surface area (Å²) in [4.78, 5) is 0. The van der Waals surface area contributed by atoms with E-state index in [0.717, 1.165) is 12.2 Å². The minimum atomic E-state index is -0.260. The van der Waals surface area contributed by atoms with Crippen molar-refractivity contribution in [2.45, 2.75) is 38.6 Å². The average molecular weight is 186 g/mol. The van der Waals surface area contributed by atoms with Gasteiger partial charge in [-0.25, -0.2) is 0 Å². The van der Waals surface area contributed by atoms with Gasteiger partial charge < -0.3 is 5.73 Å². The van der Waals surface area contributed by atoms with Crippen molar-refractivity contribution < 1.29 is 0 Å². The summed E-state index contributed by atoms with van der Waals surface area (Å²) in [6.45, 7) is 2.20. The zero-order valence-corrected chi connectivity index (χ0v) is 8.57. The lowest BCUT2D eigenvalue weighted by Crippen LogP contribution is -2.17. The molecule has 0 heterocycles. The van der Waals surface area contributed by atoms with E-state index in [2.05, 4.69) is 6.92 Å².